The molecule has 0 bridgehead atoms. The maximum Gasteiger partial charge on any atom is 0.0569 e. The summed E-state index contributed by atoms with van der Waals surface area (Å²) in [5, 5.41) is 9.02. The second kappa shape index (κ2) is 5.80. The fourth-order valence-corrected chi connectivity index (χ4v) is 1.57. The number of benzene rings is 1. The number of aliphatic hydroxyl groups excluding tert-OH is 1. The first-order valence-electron chi connectivity index (χ1n) is 5.73. The summed E-state index contributed by atoms with van der Waals surface area (Å²) in [6.07, 6.45) is 2.61. The van der Waals surface area contributed by atoms with Gasteiger partial charge in [-0.2, -0.15) is 0 Å². The molecule has 16 heavy (non-hydrogen) atoms. The molecule has 0 aliphatic heterocycles. The minimum Gasteiger partial charge on any atom is -0.396 e. The normalized spacial score (nSPS) is 14.2. The summed E-state index contributed by atoms with van der Waals surface area (Å²) in [6.45, 7) is 6.63. The molecule has 0 aromatic heterocycles. The average Bonchev–Trinajstić information content (AvgIpc) is 2.24. The first-order valence-corrected chi connectivity index (χ1v) is 5.73. The highest BCUT2D eigenvalue weighted by Gasteiger charge is 2.22. The lowest BCUT2D eigenvalue weighted by atomic mass is 9.85. The van der Waals surface area contributed by atoms with E-state index in [-0.39, 0.29) is 18.1 Å². The number of hydrogen-bond acceptors (Lipinski definition) is 2. The Labute approximate surface area is 98.0 Å². The Morgan fingerprint density at radius 3 is 2.38 bits per heavy atom. The predicted octanol–water partition coefficient (Wildman–Crippen LogP) is 2.90. The minimum absolute atomic E-state index is 0.0913. The summed E-state index contributed by atoms with van der Waals surface area (Å²) >= 11 is 0. The molecule has 1 unspecified atom stereocenters. The molecule has 0 aliphatic carbocycles. The molecular formula is C14H21NO. The minimum atomic E-state index is 0.0913. The molecule has 88 valence electrons. The lowest BCUT2D eigenvalue weighted by Crippen LogP contribution is -2.25. The SMILES string of the molecule is CC(C)(C)C(CCO)N=Cc1ccccc1. The summed E-state index contributed by atoms with van der Waals surface area (Å²) in [5.74, 6) is 0. The zero-order valence-electron chi connectivity index (χ0n) is 10.4. The van der Waals surface area contributed by atoms with Crippen LogP contribution in [0.15, 0.2) is 35.3 Å². The quantitative estimate of drug-likeness (QED) is 0.776. The summed E-state index contributed by atoms with van der Waals surface area (Å²) in [5.41, 5.74) is 1.20. The molecule has 2 nitrogen and oxygen atoms in total. The molecule has 0 saturated carbocycles. The largest absolute Gasteiger partial charge is 0.396 e. The molecule has 0 saturated heterocycles. The summed E-state index contributed by atoms with van der Waals surface area (Å²) in [6, 6.07) is 10.2. The van der Waals surface area contributed by atoms with Crippen LogP contribution in [0.4, 0.5) is 0 Å². The zero-order valence-corrected chi connectivity index (χ0v) is 10.4. The molecule has 0 fully saturated rings. The Bertz CT molecular complexity index is 324. The Balaban J connectivity index is 2.72. The van der Waals surface area contributed by atoms with Crippen molar-refractivity contribution in [2.24, 2.45) is 10.4 Å². The first kappa shape index (κ1) is 12.9. The van der Waals surface area contributed by atoms with Crippen molar-refractivity contribution < 1.29 is 5.11 Å². The molecule has 1 aromatic carbocycles. The van der Waals surface area contributed by atoms with Crippen LogP contribution in [-0.2, 0) is 0 Å². The van der Waals surface area contributed by atoms with E-state index in [9.17, 15) is 0 Å². The van der Waals surface area contributed by atoms with Crippen molar-refractivity contribution in [1.29, 1.82) is 0 Å². The van der Waals surface area contributed by atoms with Gasteiger partial charge in [0.25, 0.3) is 0 Å². The lowest BCUT2D eigenvalue weighted by Gasteiger charge is -2.26. The van der Waals surface area contributed by atoms with Gasteiger partial charge in [-0.05, 0) is 17.4 Å². The van der Waals surface area contributed by atoms with Gasteiger partial charge in [0.1, 0.15) is 0 Å². The Kier molecular flexibility index (Phi) is 4.69. The van der Waals surface area contributed by atoms with E-state index < -0.39 is 0 Å². The topological polar surface area (TPSA) is 32.6 Å². The van der Waals surface area contributed by atoms with Crippen LogP contribution in [-0.4, -0.2) is 24.0 Å². The van der Waals surface area contributed by atoms with E-state index in [0.717, 1.165) is 5.56 Å². The highest BCUT2D eigenvalue weighted by molar-refractivity contribution is 5.79. The van der Waals surface area contributed by atoms with Gasteiger partial charge in [-0.1, -0.05) is 51.1 Å². The molecule has 0 aliphatic rings. The standard InChI is InChI=1S/C14H21NO/c1-14(2,3)13(9-10-16)15-11-12-7-5-4-6-8-12/h4-8,11,13,16H,9-10H2,1-3H3. The van der Waals surface area contributed by atoms with Crippen LogP contribution in [0.1, 0.15) is 32.8 Å². The van der Waals surface area contributed by atoms with Gasteiger partial charge in [-0.25, -0.2) is 0 Å². The highest BCUT2D eigenvalue weighted by Crippen LogP contribution is 2.24. The van der Waals surface area contributed by atoms with Crippen LogP contribution in [0, 0.1) is 5.41 Å². The number of aliphatic imine (C=N–C) groups is 1. The van der Waals surface area contributed by atoms with Gasteiger partial charge >= 0.3 is 0 Å². The zero-order chi connectivity index (χ0) is 12.0. The number of nitrogens with zero attached hydrogens (tertiary/aromatic N) is 1. The van der Waals surface area contributed by atoms with E-state index in [4.69, 9.17) is 5.11 Å². The Hall–Kier alpha value is -1.15. The van der Waals surface area contributed by atoms with E-state index in [1.54, 1.807) is 0 Å². The molecule has 1 atom stereocenters. The Morgan fingerprint density at radius 2 is 1.88 bits per heavy atom. The molecule has 1 rings (SSSR count). The van der Waals surface area contributed by atoms with Crippen molar-refractivity contribution in [3.05, 3.63) is 35.9 Å². The third kappa shape index (κ3) is 4.15. The van der Waals surface area contributed by atoms with E-state index in [0.29, 0.717) is 6.42 Å². The second-order valence-corrected chi connectivity index (χ2v) is 5.08. The Morgan fingerprint density at radius 1 is 1.25 bits per heavy atom. The van der Waals surface area contributed by atoms with Gasteiger partial charge < -0.3 is 5.11 Å². The molecule has 0 spiro atoms. The van der Waals surface area contributed by atoms with Crippen molar-refractivity contribution >= 4 is 6.21 Å². The van der Waals surface area contributed by atoms with E-state index >= 15 is 0 Å². The molecule has 1 N–H and O–H groups in total. The van der Waals surface area contributed by atoms with Crippen molar-refractivity contribution in [2.45, 2.75) is 33.2 Å². The van der Waals surface area contributed by atoms with Gasteiger partial charge in [0.05, 0.1) is 6.04 Å². The average molecular weight is 219 g/mol. The van der Waals surface area contributed by atoms with E-state index in [2.05, 4.69) is 25.8 Å². The van der Waals surface area contributed by atoms with Gasteiger partial charge in [0.15, 0.2) is 0 Å². The predicted molar refractivity (Wildman–Crippen MR) is 69.0 cm³/mol. The lowest BCUT2D eigenvalue weighted by molar-refractivity contribution is 0.227. The first-order chi connectivity index (χ1) is 7.54. The maximum absolute atomic E-state index is 9.02. The van der Waals surface area contributed by atoms with E-state index in [1.165, 1.54) is 0 Å². The molecule has 0 heterocycles. The van der Waals surface area contributed by atoms with Crippen LogP contribution in [0.5, 0.6) is 0 Å². The van der Waals surface area contributed by atoms with Gasteiger partial charge in [-0.15, -0.1) is 0 Å². The fourth-order valence-electron chi connectivity index (χ4n) is 1.57. The van der Waals surface area contributed by atoms with Gasteiger partial charge in [-0.3, -0.25) is 4.99 Å². The summed E-state index contributed by atoms with van der Waals surface area (Å²) < 4.78 is 0. The number of aliphatic hydroxyl groups is 1. The van der Waals surface area contributed by atoms with Crippen molar-refractivity contribution in [3.63, 3.8) is 0 Å². The monoisotopic (exact) mass is 219 g/mol. The van der Waals surface area contributed by atoms with Crippen molar-refractivity contribution in [3.8, 4) is 0 Å². The van der Waals surface area contributed by atoms with Crippen molar-refractivity contribution in [1.82, 2.24) is 0 Å². The smallest absolute Gasteiger partial charge is 0.0569 e. The molecule has 0 amide bonds. The molecule has 2 heteroatoms. The number of rotatable bonds is 4. The van der Waals surface area contributed by atoms with Gasteiger partial charge in [0.2, 0.25) is 0 Å². The third-order valence-electron chi connectivity index (χ3n) is 2.61. The maximum atomic E-state index is 9.02. The molecule has 1 aromatic rings. The van der Waals surface area contributed by atoms with Gasteiger partial charge in [0, 0.05) is 12.8 Å². The van der Waals surface area contributed by atoms with Crippen LogP contribution >= 0.6 is 0 Å². The molecular weight excluding hydrogens is 198 g/mol. The van der Waals surface area contributed by atoms with Crippen molar-refractivity contribution in [2.75, 3.05) is 6.61 Å². The number of hydrogen-bond donors (Lipinski definition) is 1. The fraction of sp³-hybridized carbons (Fsp3) is 0.500. The highest BCUT2D eigenvalue weighted by atomic mass is 16.3. The van der Waals surface area contributed by atoms with Crippen LogP contribution < -0.4 is 0 Å². The third-order valence-corrected chi connectivity index (χ3v) is 2.61. The summed E-state index contributed by atoms with van der Waals surface area (Å²) in [7, 11) is 0. The van der Waals surface area contributed by atoms with Crippen LogP contribution in [0.2, 0.25) is 0 Å². The summed E-state index contributed by atoms with van der Waals surface area (Å²) in [4.78, 5) is 4.57. The second-order valence-electron chi connectivity index (χ2n) is 5.08. The molecule has 0 radical (unpaired) electrons. The van der Waals surface area contributed by atoms with E-state index in [1.807, 2.05) is 36.5 Å². The van der Waals surface area contributed by atoms with Crippen LogP contribution in [0.3, 0.4) is 0 Å². The van der Waals surface area contributed by atoms with Crippen LogP contribution in [0.25, 0.3) is 0 Å².